The standard InChI is InChI=1S/C10H24N2/c1-9(12(5)6)7-11-8-10(2,3)4/h9,11H,7-8H2,1-6H3. The molecule has 0 aliphatic rings. The van der Waals surface area contributed by atoms with Crippen LogP contribution < -0.4 is 5.32 Å². The molecule has 0 saturated carbocycles. The average Bonchev–Trinajstić information content (AvgIpc) is 1.84. The molecule has 2 heteroatoms. The summed E-state index contributed by atoms with van der Waals surface area (Å²) >= 11 is 0. The lowest BCUT2D eigenvalue weighted by Crippen LogP contribution is -2.38. The Hall–Kier alpha value is -0.0800. The Bertz CT molecular complexity index is 113. The Labute approximate surface area is 77.3 Å². The highest BCUT2D eigenvalue weighted by Crippen LogP contribution is 2.10. The quantitative estimate of drug-likeness (QED) is 0.692. The van der Waals surface area contributed by atoms with E-state index in [2.05, 4.69) is 52.0 Å². The summed E-state index contributed by atoms with van der Waals surface area (Å²) in [6.45, 7) is 11.1. The van der Waals surface area contributed by atoms with Crippen LogP contribution in [0.1, 0.15) is 27.7 Å². The number of nitrogens with zero attached hydrogens (tertiary/aromatic N) is 1. The Morgan fingerprint density at radius 2 is 1.75 bits per heavy atom. The molecule has 1 unspecified atom stereocenters. The van der Waals surface area contributed by atoms with Gasteiger partial charge in [0.05, 0.1) is 0 Å². The van der Waals surface area contributed by atoms with Gasteiger partial charge in [0.15, 0.2) is 0 Å². The lowest BCUT2D eigenvalue weighted by Gasteiger charge is -2.24. The zero-order valence-electron chi connectivity index (χ0n) is 9.44. The highest BCUT2D eigenvalue weighted by Gasteiger charge is 2.10. The first-order chi connectivity index (χ1) is 5.33. The van der Waals surface area contributed by atoms with Crippen LogP contribution in [-0.4, -0.2) is 38.1 Å². The Kier molecular flexibility index (Phi) is 4.80. The van der Waals surface area contributed by atoms with E-state index in [0.717, 1.165) is 13.1 Å². The van der Waals surface area contributed by atoms with Gasteiger partial charge in [0.1, 0.15) is 0 Å². The second-order valence-corrected chi connectivity index (χ2v) is 5.00. The predicted molar refractivity (Wildman–Crippen MR) is 55.5 cm³/mol. The fourth-order valence-electron chi connectivity index (χ4n) is 0.839. The van der Waals surface area contributed by atoms with Crippen molar-refractivity contribution in [2.45, 2.75) is 33.7 Å². The summed E-state index contributed by atoms with van der Waals surface area (Å²) in [4.78, 5) is 2.23. The minimum absolute atomic E-state index is 0.395. The lowest BCUT2D eigenvalue weighted by atomic mass is 9.97. The van der Waals surface area contributed by atoms with Crippen LogP contribution in [0, 0.1) is 5.41 Å². The van der Waals surface area contributed by atoms with Gasteiger partial charge in [-0.15, -0.1) is 0 Å². The van der Waals surface area contributed by atoms with Gasteiger partial charge in [0.2, 0.25) is 0 Å². The molecule has 0 radical (unpaired) electrons. The molecule has 0 heterocycles. The highest BCUT2D eigenvalue weighted by atomic mass is 15.1. The van der Waals surface area contributed by atoms with E-state index >= 15 is 0 Å². The summed E-state index contributed by atoms with van der Waals surface area (Å²) in [7, 11) is 4.23. The number of hydrogen-bond acceptors (Lipinski definition) is 2. The number of nitrogens with one attached hydrogen (secondary N) is 1. The molecule has 12 heavy (non-hydrogen) atoms. The maximum absolute atomic E-state index is 3.46. The summed E-state index contributed by atoms with van der Waals surface area (Å²) in [6.07, 6.45) is 0. The van der Waals surface area contributed by atoms with Crippen molar-refractivity contribution in [1.29, 1.82) is 0 Å². The van der Waals surface area contributed by atoms with Crippen LogP contribution in [0.5, 0.6) is 0 Å². The van der Waals surface area contributed by atoms with E-state index in [1.54, 1.807) is 0 Å². The van der Waals surface area contributed by atoms with Crippen LogP contribution in [0.2, 0.25) is 0 Å². The van der Waals surface area contributed by atoms with Crippen LogP contribution in [-0.2, 0) is 0 Å². The molecule has 0 fully saturated rings. The summed E-state index contributed by atoms with van der Waals surface area (Å²) in [5.74, 6) is 0. The predicted octanol–water partition coefficient (Wildman–Crippen LogP) is 1.57. The summed E-state index contributed by atoms with van der Waals surface area (Å²) < 4.78 is 0. The summed E-state index contributed by atoms with van der Waals surface area (Å²) in [5.41, 5.74) is 0.395. The van der Waals surface area contributed by atoms with Gasteiger partial charge in [0.25, 0.3) is 0 Å². The van der Waals surface area contributed by atoms with Gasteiger partial charge in [-0.25, -0.2) is 0 Å². The maximum Gasteiger partial charge on any atom is 0.0186 e. The zero-order valence-corrected chi connectivity index (χ0v) is 9.44. The van der Waals surface area contributed by atoms with E-state index in [1.807, 2.05) is 0 Å². The van der Waals surface area contributed by atoms with Crippen LogP contribution in [0.15, 0.2) is 0 Å². The highest BCUT2D eigenvalue weighted by molar-refractivity contribution is 4.68. The van der Waals surface area contributed by atoms with Crippen molar-refractivity contribution >= 4 is 0 Å². The Balaban J connectivity index is 3.44. The average molecular weight is 172 g/mol. The third-order valence-corrected chi connectivity index (χ3v) is 1.98. The van der Waals surface area contributed by atoms with Gasteiger partial charge in [-0.3, -0.25) is 0 Å². The molecule has 2 nitrogen and oxygen atoms in total. The van der Waals surface area contributed by atoms with Gasteiger partial charge in [-0.1, -0.05) is 20.8 Å². The molecular formula is C10H24N2. The fourth-order valence-corrected chi connectivity index (χ4v) is 0.839. The molecular weight excluding hydrogens is 148 g/mol. The molecule has 0 aliphatic heterocycles. The van der Waals surface area contributed by atoms with E-state index in [-0.39, 0.29) is 0 Å². The molecule has 0 aliphatic carbocycles. The smallest absolute Gasteiger partial charge is 0.0186 e. The van der Waals surface area contributed by atoms with Crippen molar-refractivity contribution in [1.82, 2.24) is 10.2 Å². The molecule has 0 saturated heterocycles. The molecule has 0 spiro atoms. The van der Waals surface area contributed by atoms with Gasteiger partial charge in [0, 0.05) is 19.1 Å². The zero-order chi connectivity index (χ0) is 9.78. The largest absolute Gasteiger partial charge is 0.315 e. The molecule has 0 bridgehead atoms. The van der Waals surface area contributed by atoms with Crippen molar-refractivity contribution < 1.29 is 0 Å². The monoisotopic (exact) mass is 172 g/mol. The van der Waals surface area contributed by atoms with Crippen molar-refractivity contribution in [3.8, 4) is 0 Å². The van der Waals surface area contributed by atoms with Crippen molar-refractivity contribution in [3.05, 3.63) is 0 Å². The first-order valence-corrected chi connectivity index (χ1v) is 4.70. The van der Waals surface area contributed by atoms with E-state index in [1.165, 1.54) is 0 Å². The Morgan fingerprint density at radius 1 is 1.25 bits per heavy atom. The van der Waals surface area contributed by atoms with Gasteiger partial charge >= 0.3 is 0 Å². The minimum atomic E-state index is 0.395. The molecule has 0 aromatic carbocycles. The third kappa shape index (κ3) is 6.62. The van der Waals surface area contributed by atoms with Crippen molar-refractivity contribution in [3.63, 3.8) is 0 Å². The van der Waals surface area contributed by atoms with Gasteiger partial charge in [-0.05, 0) is 26.4 Å². The fraction of sp³-hybridized carbons (Fsp3) is 1.00. The lowest BCUT2D eigenvalue weighted by molar-refractivity contribution is 0.285. The molecule has 0 aromatic rings. The van der Waals surface area contributed by atoms with Crippen LogP contribution in [0.25, 0.3) is 0 Å². The number of likely N-dealkylation sites (N-methyl/N-ethyl adjacent to an activating group) is 1. The first kappa shape index (κ1) is 11.9. The molecule has 0 amide bonds. The molecule has 0 rings (SSSR count). The SMILES string of the molecule is CC(CNCC(C)(C)C)N(C)C. The third-order valence-electron chi connectivity index (χ3n) is 1.98. The topological polar surface area (TPSA) is 15.3 Å². The number of hydrogen-bond donors (Lipinski definition) is 1. The van der Waals surface area contributed by atoms with Gasteiger partial charge in [-0.2, -0.15) is 0 Å². The van der Waals surface area contributed by atoms with Crippen molar-refractivity contribution in [2.24, 2.45) is 5.41 Å². The molecule has 0 aromatic heterocycles. The normalized spacial score (nSPS) is 15.2. The Morgan fingerprint density at radius 3 is 2.08 bits per heavy atom. The second-order valence-electron chi connectivity index (χ2n) is 5.00. The van der Waals surface area contributed by atoms with Crippen LogP contribution in [0.4, 0.5) is 0 Å². The second kappa shape index (κ2) is 4.83. The van der Waals surface area contributed by atoms with Crippen molar-refractivity contribution in [2.75, 3.05) is 27.2 Å². The minimum Gasteiger partial charge on any atom is -0.315 e. The maximum atomic E-state index is 3.46. The van der Waals surface area contributed by atoms with E-state index < -0.39 is 0 Å². The number of rotatable bonds is 4. The molecule has 1 N–H and O–H groups in total. The van der Waals surface area contributed by atoms with E-state index in [9.17, 15) is 0 Å². The summed E-state index contributed by atoms with van der Waals surface area (Å²) in [5, 5.41) is 3.46. The van der Waals surface area contributed by atoms with E-state index in [0.29, 0.717) is 11.5 Å². The van der Waals surface area contributed by atoms with Crippen LogP contribution >= 0.6 is 0 Å². The van der Waals surface area contributed by atoms with Gasteiger partial charge < -0.3 is 10.2 Å². The molecule has 1 atom stereocenters. The van der Waals surface area contributed by atoms with Crippen LogP contribution in [0.3, 0.4) is 0 Å². The first-order valence-electron chi connectivity index (χ1n) is 4.70. The molecule has 74 valence electrons. The van der Waals surface area contributed by atoms with E-state index in [4.69, 9.17) is 0 Å². The summed E-state index contributed by atoms with van der Waals surface area (Å²) in [6, 6.07) is 0.618.